The second-order valence-electron chi connectivity index (χ2n) is 3.49. The lowest BCUT2D eigenvalue weighted by molar-refractivity contribution is 0.358. The number of aliphatic imine (C=N–C) groups is 1. The molecule has 4 nitrogen and oxygen atoms in total. The summed E-state index contributed by atoms with van der Waals surface area (Å²) in [7, 11) is -3.38. The van der Waals surface area contributed by atoms with Gasteiger partial charge in [0, 0.05) is 11.2 Å². The highest BCUT2D eigenvalue weighted by Crippen LogP contribution is 2.20. The summed E-state index contributed by atoms with van der Waals surface area (Å²) in [5, 5.41) is 0.705. The lowest BCUT2D eigenvalue weighted by Gasteiger charge is -2.06. The molecule has 0 unspecified atom stereocenters. The summed E-state index contributed by atoms with van der Waals surface area (Å²) in [6, 6.07) is 6.71. The highest BCUT2D eigenvalue weighted by Gasteiger charge is 2.26. The van der Waals surface area contributed by atoms with E-state index in [1.807, 2.05) is 0 Å². The molecular weight excluding hydrogens is 262 g/mol. The topological polar surface area (TPSA) is 55.7 Å². The first-order valence-electron chi connectivity index (χ1n) is 4.87. The molecule has 0 bridgehead atoms. The van der Waals surface area contributed by atoms with E-state index in [1.54, 1.807) is 24.3 Å². The van der Waals surface area contributed by atoms with Crippen molar-refractivity contribution < 1.29 is 13.2 Å². The van der Waals surface area contributed by atoms with Crippen molar-refractivity contribution in [2.75, 3.05) is 6.61 Å². The van der Waals surface area contributed by atoms with Gasteiger partial charge in [0.05, 0.1) is 0 Å². The first-order chi connectivity index (χ1) is 8.00. The summed E-state index contributed by atoms with van der Waals surface area (Å²) in [5.74, 6) is 0.565. The third kappa shape index (κ3) is 2.50. The molecular formula is C11H10ClNO3S. The van der Waals surface area contributed by atoms with Crippen LogP contribution in [0, 0.1) is 0 Å². The fraction of sp³-hybridized carbons (Fsp3) is 0.182. The Morgan fingerprint density at radius 1 is 1.29 bits per heavy atom. The molecule has 1 aliphatic heterocycles. The maximum atomic E-state index is 11.7. The van der Waals surface area contributed by atoms with Crippen LogP contribution < -0.4 is 4.74 Å². The van der Waals surface area contributed by atoms with Gasteiger partial charge in [-0.2, -0.15) is 0 Å². The minimum Gasteiger partial charge on any atom is -0.488 e. The Morgan fingerprint density at radius 3 is 2.47 bits per heavy atom. The molecule has 0 aromatic heterocycles. The van der Waals surface area contributed by atoms with Crippen LogP contribution in [0.2, 0.25) is 5.02 Å². The van der Waals surface area contributed by atoms with E-state index in [0.29, 0.717) is 10.8 Å². The van der Waals surface area contributed by atoms with Crippen LogP contribution >= 0.6 is 11.6 Å². The molecule has 0 saturated heterocycles. The zero-order chi connectivity index (χ0) is 12.5. The van der Waals surface area contributed by atoms with Crippen LogP contribution in [0.5, 0.6) is 5.75 Å². The molecule has 1 aliphatic rings. The SMILES string of the molecule is CC1=NC=C(COc2ccc(Cl)cc2)S1(=O)=O. The Bertz CT molecular complexity index is 588. The molecule has 0 atom stereocenters. The second-order valence-corrected chi connectivity index (χ2v) is 6.05. The summed E-state index contributed by atoms with van der Waals surface area (Å²) in [6.45, 7) is 1.44. The molecule has 0 spiro atoms. The highest BCUT2D eigenvalue weighted by molar-refractivity contribution is 8.09. The van der Waals surface area contributed by atoms with Crippen LogP contribution in [-0.4, -0.2) is 20.1 Å². The number of halogens is 1. The van der Waals surface area contributed by atoms with Gasteiger partial charge < -0.3 is 4.74 Å². The van der Waals surface area contributed by atoms with Crippen LogP contribution in [-0.2, 0) is 9.84 Å². The van der Waals surface area contributed by atoms with Crippen molar-refractivity contribution >= 4 is 26.5 Å². The van der Waals surface area contributed by atoms with E-state index < -0.39 is 9.84 Å². The molecule has 0 N–H and O–H groups in total. The maximum Gasteiger partial charge on any atom is 0.220 e. The second kappa shape index (κ2) is 4.50. The maximum absolute atomic E-state index is 11.7. The van der Waals surface area contributed by atoms with Gasteiger partial charge in [-0.15, -0.1) is 0 Å². The van der Waals surface area contributed by atoms with Crippen molar-refractivity contribution in [3.05, 3.63) is 40.4 Å². The van der Waals surface area contributed by atoms with E-state index in [2.05, 4.69) is 4.99 Å². The molecule has 90 valence electrons. The summed E-state index contributed by atoms with van der Waals surface area (Å²) in [4.78, 5) is 3.93. The first kappa shape index (κ1) is 12.1. The van der Waals surface area contributed by atoms with Gasteiger partial charge in [0.25, 0.3) is 0 Å². The van der Waals surface area contributed by atoms with Crippen molar-refractivity contribution in [3.8, 4) is 5.75 Å². The number of sulfone groups is 1. The van der Waals surface area contributed by atoms with E-state index in [0.717, 1.165) is 0 Å². The molecule has 0 radical (unpaired) electrons. The fourth-order valence-corrected chi connectivity index (χ4v) is 2.39. The number of benzene rings is 1. The molecule has 0 amide bonds. The van der Waals surface area contributed by atoms with Gasteiger partial charge in [-0.05, 0) is 31.2 Å². The first-order valence-corrected chi connectivity index (χ1v) is 6.73. The number of hydrogen-bond donors (Lipinski definition) is 0. The Labute approximate surface area is 104 Å². The summed E-state index contributed by atoms with van der Waals surface area (Å²) in [6.07, 6.45) is 1.32. The number of rotatable bonds is 3. The third-order valence-electron chi connectivity index (χ3n) is 2.32. The molecule has 1 aromatic carbocycles. The number of nitrogens with zero attached hydrogens (tertiary/aromatic N) is 1. The molecule has 0 aliphatic carbocycles. The molecule has 1 aromatic rings. The Balaban J connectivity index is 2.04. The lowest BCUT2D eigenvalue weighted by Crippen LogP contribution is -2.14. The van der Waals surface area contributed by atoms with E-state index in [-0.39, 0.29) is 16.6 Å². The van der Waals surface area contributed by atoms with E-state index in [4.69, 9.17) is 16.3 Å². The van der Waals surface area contributed by atoms with E-state index in [9.17, 15) is 8.42 Å². The van der Waals surface area contributed by atoms with Crippen molar-refractivity contribution in [2.45, 2.75) is 6.92 Å². The minimum atomic E-state index is -3.38. The summed E-state index contributed by atoms with van der Waals surface area (Å²) < 4.78 is 28.7. The van der Waals surface area contributed by atoms with Crippen molar-refractivity contribution in [2.24, 2.45) is 4.99 Å². The van der Waals surface area contributed by atoms with Crippen molar-refractivity contribution in [1.82, 2.24) is 0 Å². The summed E-state index contributed by atoms with van der Waals surface area (Å²) in [5.41, 5.74) is 0. The molecule has 0 fully saturated rings. The average Bonchev–Trinajstić information content (AvgIpc) is 2.54. The predicted octanol–water partition coefficient (Wildman–Crippen LogP) is 2.41. The molecule has 6 heteroatoms. The van der Waals surface area contributed by atoms with Crippen molar-refractivity contribution in [3.63, 3.8) is 0 Å². The Hall–Kier alpha value is -1.33. The van der Waals surface area contributed by atoms with Gasteiger partial charge in [0.1, 0.15) is 22.3 Å². The minimum absolute atomic E-state index is 0.0230. The van der Waals surface area contributed by atoms with E-state index >= 15 is 0 Å². The van der Waals surface area contributed by atoms with Gasteiger partial charge in [-0.1, -0.05) is 11.6 Å². The van der Waals surface area contributed by atoms with Gasteiger partial charge >= 0.3 is 0 Å². The standard InChI is InChI=1S/C11H10ClNO3S/c1-8-13-6-11(17(8,14)15)7-16-10-4-2-9(12)3-5-10/h2-6H,7H2,1H3. The molecule has 2 rings (SSSR count). The van der Waals surface area contributed by atoms with Gasteiger partial charge in [0.15, 0.2) is 0 Å². The monoisotopic (exact) mass is 271 g/mol. The Kier molecular flexibility index (Phi) is 3.22. The zero-order valence-corrected chi connectivity index (χ0v) is 10.6. The Morgan fingerprint density at radius 2 is 1.94 bits per heavy atom. The van der Waals surface area contributed by atoms with Crippen LogP contribution in [0.1, 0.15) is 6.92 Å². The predicted molar refractivity (Wildman–Crippen MR) is 67.1 cm³/mol. The molecule has 17 heavy (non-hydrogen) atoms. The normalized spacial score (nSPS) is 17.5. The number of hydrogen-bond acceptors (Lipinski definition) is 4. The highest BCUT2D eigenvalue weighted by atomic mass is 35.5. The lowest BCUT2D eigenvalue weighted by atomic mass is 10.3. The van der Waals surface area contributed by atoms with E-state index in [1.165, 1.54) is 13.1 Å². The quantitative estimate of drug-likeness (QED) is 0.848. The van der Waals surface area contributed by atoms with Gasteiger partial charge in [0.2, 0.25) is 9.84 Å². The third-order valence-corrected chi connectivity index (χ3v) is 4.37. The van der Waals surface area contributed by atoms with Crippen LogP contribution in [0.15, 0.2) is 40.4 Å². The molecule has 1 heterocycles. The fourth-order valence-electron chi connectivity index (χ4n) is 1.29. The van der Waals surface area contributed by atoms with Crippen LogP contribution in [0.25, 0.3) is 0 Å². The molecule has 0 saturated carbocycles. The van der Waals surface area contributed by atoms with Gasteiger partial charge in [-0.3, -0.25) is 0 Å². The van der Waals surface area contributed by atoms with Gasteiger partial charge in [-0.25, -0.2) is 13.4 Å². The smallest absolute Gasteiger partial charge is 0.220 e. The largest absolute Gasteiger partial charge is 0.488 e. The zero-order valence-electron chi connectivity index (χ0n) is 9.05. The van der Waals surface area contributed by atoms with Crippen LogP contribution in [0.4, 0.5) is 0 Å². The average molecular weight is 272 g/mol. The van der Waals surface area contributed by atoms with Crippen molar-refractivity contribution in [1.29, 1.82) is 0 Å². The number of ether oxygens (including phenoxy) is 1. The van der Waals surface area contributed by atoms with Crippen LogP contribution in [0.3, 0.4) is 0 Å². The summed E-state index contributed by atoms with van der Waals surface area (Å²) >= 11 is 5.72.